The molecule has 0 bridgehead atoms. The topological polar surface area (TPSA) is 88.2 Å². The Morgan fingerprint density at radius 2 is 2.16 bits per heavy atom. The summed E-state index contributed by atoms with van der Waals surface area (Å²) in [6.45, 7) is 0. The van der Waals surface area contributed by atoms with Gasteiger partial charge in [-0.25, -0.2) is 14.2 Å². The first-order valence-corrected chi connectivity index (χ1v) is 5.97. The number of carboxylic acids is 1. The van der Waals surface area contributed by atoms with E-state index in [-0.39, 0.29) is 17.1 Å². The number of nitrogens with one attached hydrogen (secondary N) is 1. The van der Waals surface area contributed by atoms with E-state index in [9.17, 15) is 9.18 Å². The first-order valence-electron chi connectivity index (χ1n) is 5.18. The molecule has 0 atom stereocenters. The minimum atomic E-state index is -1.15. The lowest BCUT2D eigenvalue weighted by Gasteiger charge is -2.09. The number of hydrogen-bond acceptors (Lipinski definition) is 4. The first-order chi connectivity index (χ1) is 8.97. The maximum Gasteiger partial charge on any atom is 0.337 e. The fraction of sp³-hybridized carbons (Fsp3) is 0. The standard InChI is InChI=1S/C12H9BrFN3O2/c13-8-2-1-6(14)3-10(8)17-11-4-7(12(18)19)9(15)5-16-11/h1-5H,15H2,(H,16,17)(H,18,19). The van der Waals surface area contributed by atoms with Crippen molar-refractivity contribution in [3.05, 3.63) is 46.3 Å². The number of halogens is 2. The van der Waals surface area contributed by atoms with Crippen LogP contribution in [0, 0.1) is 5.82 Å². The third-order valence-corrected chi connectivity index (χ3v) is 3.05. The van der Waals surface area contributed by atoms with E-state index in [0.29, 0.717) is 10.2 Å². The third-order valence-electron chi connectivity index (χ3n) is 2.36. The minimum Gasteiger partial charge on any atom is -0.478 e. The van der Waals surface area contributed by atoms with Gasteiger partial charge in [-0.2, -0.15) is 0 Å². The van der Waals surface area contributed by atoms with Gasteiger partial charge in [-0.1, -0.05) is 0 Å². The van der Waals surface area contributed by atoms with Gasteiger partial charge < -0.3 is 16.2 Å². The summed E-state index contributed by atoms with van der Waals surface area (Å²) in [5, 5.41) is 11.8. The fourth-order valence-electron chi connectivity index (χ4n) is 1.45. The maximum atomic E-state index is 13.1. The Kier molecular flexibility index (Phi) is 3.66. The third kappa shape index (κ3) is 3.00. The zero-order valence-electron chi connectivity index (χ0n) is 9.52. The number of benzene rings is 1. The normalized spacial score (nSPS) is 10.2. The second kappa shape index (κ2) is 5.23. The van der Waals surface area contributed by atoms with E-state index in [1.54, 1.807) is 0 Å². The number of anilines is 3. The number of carboxylic acid groups (broad SMARTS) is 1. The number of nitrogens with zero attached hydrogens (tertiary/aromatic N) is 1. The van der Waals surface area contributed by atoms with E-state index in [2.05, 4.69) is 26.2 Å². The maximum absolute atomic E-state index is 13.1. The average Bonchev–Trinajstić information content (AvgIpc) is 2.36. The highest BCUT2D eigenvalue weighted by atomic mass is 79.9. The van der Waals surface area contributed by atoms with Gasteiger partial charge in [0.15, 0.2) is 0 Å². The van der Waals surface area contributed by atoms with Crippen molar-refractivity contribution >= 4 is 39.1 Å². The Hall–Kier alpha value is -2.15. The Morgan fingerprint density at radius 1 is 1.42 bits per heavy atom. The number of aromatic carboxylic acids is 1. The lowest BCUT2D eigenvalue weighted by Crippen LogP contribution is -2.05. The monoisotopic (exact) mass is 325 g/mol. The second-order valence-electron chi connectivity index (χ2n) is 3.71. The van der Waals surface area contributed by atoms with Crippen molar-refractivity contribution in [2.75, 3.05) is 11.1 Å². The van der Waals surface area contributed by atoms with Crippen LogP contribution in [0.2, 0.25) is 0 Å². The molecule has 2 rings (SSSR count). The molecule has 1 aromatic carbocycles. The van der Waals surface area contributed by atoms with Crippen molar-refractivity contribution in [3.8, 4) is 0 Å². The molecule has 5 nitrogen and oxygen atoms in total. The molecule has 0 fully saturated rings. The molecule has 1 heterocycles. The molecule has 0 aliphatic rings. The lowest BCUT2D eigenvalue weighted by molar-refractivity contribution is 0.0698. The van der Waals surface area contributed by atoms with Crippen LogP contribution in [-0.4, -0.2) is 16.1 Å². The molecule has 7 heteroatoms. The highest BCUT2D eigenvalue weighted by molar-refractivity contribution is 9.10. The van der Waals surface area contributed by atoms with Crippen LogP contribution in [0.15, 0.2) is 34.9 Å². The zero-order chi connectivity index (χ0) is 14.0. The molecule has 0 unspecified atom stereocenters. The molecule has 0 amide bonds. The van der Waals surface area contributed by atoms with Crippen molar-refractivity contribution in [1.29, 1.82) is 0 Å². The van der Waals surface area contributed by atoms with Gasteiger partial charge >= 0.3 is 5.97 Å². The van der Waals surface area contributed by atoms with Crippen LogP contribution in [0.25, 0.3) is 0 Å². The Bertz CT molecular complexity index is 649. The molecule has 0 radical (unpaired) electrons. The number of carbonyl (C=O) groups is 1. The smallest absolute Gasteiger partial charge is 0.337 e. The summed E-state index contributed by atoms with van der Waals surface area (Å²) in [5.74, 6) is -1.31. The van der Waals surface area contributed by atoms with Crippen molar-refractivity contribution in [2.24, 2.45) is 0 Å². The van der Waals surface area contributed by atoms with Crippen molar-refractivity contribution < 1.29 is 14.3 Å². The summed E-state index contributed by atoms with van der Waals surface area (Å²) in [5.41, 5.74) is 5.94. The summed E-state index contributed by atoms with van der Waals surface area (Å²) in [4.78, 5) is 14.9. The molecule has 0 aliphatic heterocycles. The number of nitrogen functional groups attached to an aromatic ring is 1. The van der Waals surface area contributed by atoms with Crippen LogP contribution in [0.1, 0.15) is 10.4 Å². The van der Waals surface area contributed by atoms with Gasteiger partial charge in [0.05, 0.1) is 23.1 Å². The predicted octanol–water partition coefficient (Wildman–Crippen LogP) is 3.01. The Labute approximate surface area is 116 Å². The number of aromatic nitrogens is 1. The van der Waals surface area contributed by atoms with E-state index < -0.39 is 11.8 Å². The Balaban J connectivity index is 2.36. The molecule has 98 valence electrons. The summed E-state index contributed by atoms with van der Waals surface area (Å²) < 4.78 is 13.8. The zero-order valence-corrected chi connectivity index (χ0v) is 11.1. The Morgan fingerprint density at radius 3 is 2.84 bits per heavy atom. The molecule has 0 aliphatic carbocycles. The molecular weight excluding hydrogens is 317 g/mol. The molecule has 2 aromatic rings. The van der Waals surface area contributed by atoms with Crippen LogP contribution in [0.4, 0.5) is 21.6 Å². The molecule has 4 N–H and O–H groups in total. The van der Waals surface area contributed by atoms with Gasteiger partial charge in [0.25, 0.3) is 0 Å². The SMILES string of the molecule is Nc1cnc(Nc2cc(F)ccc2Br)cc1C(=O)O. The minimum absolute atomic E-state index is 0.0648. The molecule has 0 saturated heterocycles. The van der Waals surface area contributed by atoms with Gasteiger partial charge in [-0.05, 0) is 40.2 Å². The van der Waals surface area contributed by atoms with Crippen LogP contribution < -0.4 is 11.1 Å². The lowest BCUT2D eigenvalue weighted by atomic mass is 10.2. The van der Waals surface area contributed by atoms with E-state index in [1.807, 2.05) is 0 Å². The summed E-state index contributed by atoms with van der Waals surface area (Å²) in [6.07, 6.45) is 1.24. The first kappa shape index (κ1) is 13.3. The molecular formula is C12H9BrFN3O2. The molecule has 0 saturated carbocycles. The number of hydrogen-bond donors (Lipinski definition) is 3. The highest BCUT2D eigenvalue weighted by Crippen LogP contribution is 2.26. The van der Waals surface area contributed by atoms with Gasteiger partial charge in [0, 0.05) is 4.47 Å². The van der Waals surface area contributed by atoms with Gasteiger partial charge in [0.2, 0.25) is 0 Å². The quantitative estimate of drug-likeness (QED) is 0.807. The van der Waals surface area contributed by atoms with Gasteiger partial charge in [0.1, 0.15) is 11.6 Å². The number of rotatable bonds is 3. The molecule has 0 spiro atoms. The van der Waals surface area contributed by atoms with E-state index in [4.69, 9.17) is 10.8 Å². The molecule has 19 heavy (non-hydrogen) atoms. The van der Waals surface area contributed by atoms with Gasteiger partial charge in [-0.15, -0.1) is 0 Å². The van der Waals surface area contributed by atoms with Crippen LogP contribution in [0.3, 0.4) is 0 Å². The van der Waals surface area contributed by atoms with Crippen LogP contribution in [-0.2, 0) is 0 Å². The largest absolute Gasteiger partial charge is 0.478 e. The molecule has 1 aromatic heterocycles. The van der Waals surface area contributed by atoms with E-state index >= 15 is 0 Å². The average molecular weight is 326 g/mol. The number of nitrogens with two attached hydrogens (primary N) is 1. The number of pyridine rings is 1. The summed E-state index contributed by atoms with van der Waals surface area (Å²) >= 11 is 3.25. The highest BCUT2D eigenvalue weighted by Gasteiger charge is 2.10. The fourth-order valence-corrected chi connectivity index (χ4v) is 1.80. The predicted molar refractivity (Wildman–Crippen MR) is 73.0 cm³/mol. The second-order valence-corrected chi connectivity index (χ2v) is 4.57. The van der Waals surface area contributed by atoms with Crippen molar-refractivity contribution in [2.45, 2.75) is 0 Å². The van der Waals surface area contributed by atoms with Crippen LogP contribution in [0.5, 0.6) is 0 Å². The van der Waals surface area contributed by atoms with Crippen molar-refractivity contribution in [3.63, 3.8) is 0 Å². The summed E-state index contributed by atoms with van der Waals surface area (Å²) in [7, 11) is 0. The summed E-state index contributed by atoms with van der Waals surface area (Å²) in [6, 6.07) is 5.39. The van der Waals surface area contributed by atoms with Crippen molar-refractivity contribution in [1.82, 2.24) is 4.98 Å². The van der Waals surface area contributed by atoms with Crippen LogP contribution >= 0.6 is 15.9 Å². The van der Waals surface area contributed by atoms with Gasteiger partial charge in [-0.3, -0.25) is 0 Å². The van der Waals surface area contributed by atoms with E-state index in [0.717, 1.165) is 0 Å². The van der Waals surface area contributed by atoms with E-state index in [1.165, 1.54) is 30.5 Å².